The highest BCUT2D eigenvalue weighted by atomic mass is 16.2. The molecule has 0 bridgehead atoms. The van der Waals surface area contributed by atoms with E-state index in [1.807, 2.05) is 0 Å². The molecule has 0 aliphatic carbocycles. The summed E-state index contributed by atoms with van der Waals surface area (Å²) in [5.74, 6) is -0.752. The number of carbonyl (C=O) groups is 3. The van der Waals surface area contributed by atoms with Crippen LogP contribution in [-0.2, 0) is 14.4 Å². The van der Waals surface area contributed by atoms with E-state index in [4.69, 9.17) is 5.73 Å². The van der Waals surface area contributed by atoms with Crippen LogP contribution in [-0.4, -0.2) is 41.2 Å². The number of hydrogen-bond acceptors (Lipinski definition) is 4. The van der Waals surface area contributed by atoms with Crippen molar-refractivity contribution in [1.29, 1.82) is 5.26 Å². The van der Waals surface area contributed by atoms with Crippen molar-refractivity contribution in [2.24, 2.45) is 11.1 Å². The fourth-order valence-electron chi connectivity index (χ4n) is 2.35. The first-order valence-electron chi connectivity index (χ1n) is 7.39. The molecule has 1 rings (SSSR count). The molecule has 0 spiro atoms. The number of nitrogens with one attached hydrogen (secondary N) is 1. The molecule has 1 fully saturated rings. The normalized spacial score (nSPS) is 17.5. The van der Waals surface area contributed by atoms with Crippen molar-refractivity contribution < 1.29 is 14.4 Å². The van der Waals surface area contributed by atoms with Crippen molar-refractivity contribution in [1.82, 2.24) is 10.2 Å². The number of likely N-dealkylation sites (tertiary alicyclic amines) is 1. The van der Waals surface area contributed by atoms with Crippen LogP contribution in [0.4, 0.5) is 0 Å². The van der Waals surface area contributed by atoms with Gasteiger partial charge in [-0.15, -0.1) is 0 Å². The van der Waals surface area contributed by atoms with E-state index in [-0.39, 0.29) is 18.2 Å². The Bertz CT molecular complexity index is 499. The SMILES string of the molecule is CC(=O)N1CCC(C#N)(NC(=O)CCC(C)(C)C(N)=O)CC1. The van der Waals surface area contributed by atoms with E-state index >= 15 is 0 Å². The Hall–Kier alpha value is -2.10. The van der Waals surface area contributed by atoms with Crippen LogP contribution in [0.5, 0.6) is 0 Å². The third-order valence-corrected chi connectivity index (χ3v) is 4.30. The van der Waals surface area contributed by atoms with Gasteiger partial charge in [0.2, 0.25) is 17.7 Å². The molecular weight excluding hydrogens is 284 g/mol. The Morgan fingerprint density at radius 1 is 1.32 bits per heavy atom. The summed E-state index contributed by atoms with van der Waals surface area (Å²) in [6.45, 7) is 5.78. The minimum absolute atomic E-state index is 0.0268. The quantitative estimate of drug-likeness (QED) is 0.759. The lowest BCUT2D eigenvalue weighted by Crippen LogP contribution is -2.55. The van der Waals surface area contributed by atoms with Crippen LogP contribution in [0.3, 0.4) is 0 Å². The van der Waals surface area contributed by atoms with Gasteiger partial charge >= 0.3 is 0 Å². The average Bonchev–Trinajstić information content (AvgIpc) is 2.45. The maximum Gasteiger partial charge on any atom is 0.223 e. The molecule has 0 aromatic carbocycles. The van der Waals surface area contributed by atoms with Crippen LogP contribution >= 0.6 is 0 Å². The number of rotatable bonds is 5. The van der Waals surface area contributed by atoms with Gasteiger partial charge in [0.25, 0.3) is 0 Å². The third kappa shape index (κ3) is 4.45. The van der Waals surface area contributed by atoms with Gasteiger partial charge in [-0.3, -0.25) is 14.4 Å². The zero-order valence-corrected chi connectivity index (χ0v) is 13.4. The fraction of sp³-hybridized carbons (Fsp3) is 0.733. The summed E-state index contributed by atoms with van der Waals surface area (Å²) in [4.78, 5) is 36.3. The van der Waals surface area contributed by atoms with E-state index < -0.39 is 16.9 Å². The summed E-state index contributed by atoms with van der Waals surface area (Å²) in [7, 11) is 0. The Kier molecular flexibility index (Phi) is 5.53. The van der Waals surface area contributed by atoms with Crippen molar-refractivity contribution in [2.45, 2.75) is 52.0 Å². The van der Waals surface area contributed by atoms with Crippen LogP contribution < -0.4 is 11.1 Å². The van der Waals surface area contributed by atoms with Crippen molar-refractivity contribution in [3.8, 4) is 6.07 Å². The predicted octanol–water partition coefficient (Wildman–Crippen LogP) is 0.299. The maximum atomic E-state index is 12.1. The first-order valence-corrected chi connectivity index (χ1v) is 7.39. The zero-order chi connectivity index (χ0) is 17.0. The Balaban J connectivity index is 2.57. The van der Waals surface area contributed by atoms with Crippen molar-refractivity contribution in [3.05, 3.63) is 0 Å². The van der Waals surface area contributed by atoms with Crippen molar-refractivity contribution in [3.63, 3.8) is 0 Å². The molecule has 0 unspecified atom stereocenters. The summed E-state index contributed by atoms with van der Waals surface area (Å²) in [5.41, 5.74) is 3.59. The highest BCUT2D eigenvalue weighted by Gasteiger charge is 2.37. The molecule has 1 saturated heterocycles. The molecule has 0 saturated carbocycles. The number of piperidine rings is 1. The molecule has 0 atom stereocenters. The summed E-state index contributed by atoms with van der Waals surface area (Å²) in [6.07, 6.45) is 1.28. The monoisotopic (exact) mass is 308 g/mol. The lowest BCUT2D eigenvalue weighted by atomic mass is 9.85. The highest BCUT2D eigenvalue weighted by molar-refractivity contribution is 5.82. The number of carbonyl (C=O) groups excluding carboxylic acids is 3. The summed E-state index contributed by atoms with van der Waals surface area (Å²) < 4.78 is 0. The van der Waals surface area contributed by atoms with Gasteiger partial charge in [0.1, 0.15) is 5.54 Å². The molecular formula is C15H24N4O3. The largest absolute Gasteiger partial charge is 0.369 e. The second-order valence-corrected chi connectivity index (χ2v) is 6.50. The minimum Gasteiger partial charge on any atom is -0.369 e. The average molecular weight is 308 g/mol. The lowest BCUT2D eigenvalue weighted by molar-refractivity contribution is -0.130. The van der Waals surface area contributed by atoms with Gasteiger partial charge in [0.05, 0.1) is 6.07 Å². The number of amides is 3. The van der Waals surface area contributed by atoms with Crippen LogP contribution in [0.25, 0.3) is 0 Å². The van der Waals surface area contributed by atoms with E-state index in [1.165, 1.54) is 6.92 Å². The molecule has 3 amide bonds. The van der Waals surface area contributed by atoms with Gasteiger partial charge in [0, 0.05) is 44.7 Å². The standard InChI is InChI=1S/C15H24N4O3/c1-11(20)19-8-6-15(10-16,7-9-19)18-12(21)4-5-14(2,3)13(17)22/h4-9H2,1-3H3,(H2,17,22)(H,18,21). The third-order valence-electron chi connectivity index (χ3n) is 4.30. The van der Waals surface area contributed by atoms with E-state index in [0.717, 1.165) is 0 Å². The van der Waals surface area contributed by atoms with Gasteiger partial charge in [-0.25, -0.2) is 0 Å². The topological polar surface area (TPSA) is 116 Å². The van der Waals surface area contributed by atoms with E-state index in [1.54, 1.807) is 18.7 Å². The van der Waals surface area contributed by atoms with Crippen molar-refractivity contribution in [2.75, 3.05) is 13.1 Å². The summed E-state index contributed by atoms with van der Waals surface area (Å²) in [6, 6.07) is 2.17. The van der Waals surface area contributed by atoms with Gasteiger partial charge < -0.3 is 16.0 Å². The van der Waals surface area contributed by atoms with E-state index in [0.29, 0.717) is 32.4 Å². The molecule has 1 aliphatic heterocycles. The smallest absolute Gasteiger partial charge is 0.223 e. The first-order chi connectivity index (χ1) is 10.1. The molecule has 3 N–H and O–H groups in total. The maximum absolute atomic E-state index is 12.1. The van der Waals surface area contributed by atoms with Crippen LogP contribution in [0, 0.1) is 16.7 Å². The second-order valence-electron chi connectivity index (χ2n) is 6.50. The molecule has 22 heavy (non-hydrogen) atoms. The number of primary amides is 1. The van der Waals surface area contributed by atoms with Crippen LogP contribution in [0.1, 0.15) is 46.5 Å². The Morgan fingerprint density at radius 3 is 2.27 bits per heavy atom. The molecule has 1 heterocycles. The van der Waals surface area contributed by atoms with Crippen LogP contribution in [0.15, 0.2) is 0 Å². The number of hydrogen-bond donors (Lipinski definition) is 2. The summed E-state index contributed by atoms with van der Waals surface area (Å²) in [5, 5.41) is 12.2. The summed E-state index contributed by atoms with van der Waals surface area (Å²) >= 11 is 0. The molecule has 7 nitrogen and oxygen atoms in total. The van der Waals surface area contributed by atoms with Gasteiger partial charge in [-0.05, 0) is 6.42 Å². The van der Waals surface area contributed by atoms with E-state index in [9.17, 15) is 19.6 Å². The predicted molar refractivity (Wildman–Crippen MR) is 80.2 cm³/mol. The number of nitriles is 1. The molecule has 0 aromatic heterocycles. The minimum atomic E-state index is -0.931. The van der Waals surface area contributed by atoms with Gasteiger partial charge in [-0.1, -0.05) is 13.8 Å². The number of nitrogens with two attached hydrogens (primary N) is 1. The molecule has 0 aromatic rings. The number of nitrogens with zero attached hydrogens (tertiary/aromatic N) is 2. The van der Waals surface area contributed by atoms with Crippen molar-refractivity contribution >= 4 is 17.7 Å². The lowest BCUT2D eigenvalue weighted by Gasteiger charge is -2.37. The fourth-order valence-corrected chi connectivity index (χ4v) is 2.35. The first kappa shape index (κ1) is 18.0. The zero-order valence-electron chi connectivity index (χ0n) is 13.4. The molecule has 1 aliphatic rings. The van der Waals surface area contributed by atoms with Crippen LogP contribution in [0.2, 0.25) is 0 Å². The Labute approximate surface area is 130 Å². The second kappa shape index (κ2) is 6.77. The van der Waals surface area contributed by atoms with Gasteiger partial charge in [-0.2, -0.15) is 5.26 Å². The van der Waals surface area contributed by atoms with E-state index in [2.05, 4.69) is 11.4 Å². The van der Waals surface area contributed by atoms with Gasteiger partial charge in [0.15, 0.2) is 0 Å². The molecule has 122 valence electrons. The highest BCUT2D eigenvalue weighted by Crippen LogP contribution is 2.24. The molecule has 0 radical (unpaired) electrons. The Morgan fingerprint density at radius 2 is 1.86 bits per heavy atom. The molecule has 7 heteroatoms.